The number of hydrogen-bond acceptors (Lipinski definition) is 3. The highest BCUT2D eigenvalue weighted by molar-refractivity contribution is 7.89. The fourth-order valence-corrected chi connectivity index (χ4v) is 5.22. The Morgan fingerprint density at radius 1 is 1.04 bits per heavy atom. The van der Waals surface area contributed by atoms with Gasteiger partial charge in [-0.05, 0) is 43.4 Å². The Kier molecular flexibility index (Phi) is 6.53. The lowest BCUT2D eigenvalue weighted by Crippen LogP contribution is -2.41. The summed E-state index contributed by atoms with van der Waals surface area (Å²) < 4.78 is 26.9. The summed E-state index contributed by atoms with van der Waals surface area (Å²) >= 11 is 0. The second kappa shape index (κ2) is 8.86. The Morgan fingerprint density at radius 3 is 2.31 bits per heavy atom. The van der Waals surface area contributed by atoms with E-state index in [1.165, 1.54) is 19.3 Å². The molecule has 0 amide bonds. The number of nitrogens with two attached hydrogens (primary N) is 1. The fourth-order valence-electron chi connectivity index (χ4n) is 3.70. The normalized spacial score (nSPS) is 20.8. The van der Waals surface area contributed by atoms with Crippen molar-refractivity contribution in [3.8, 4) is 0 Å². The minimum absolute atomic E-state index is 0.362. The van der Waals surface area contributed by atoms with Crippen LogP contribution in [0.1, 0.15) is 56.9 Å². The molecule has 0 aromatic heterocycles. The first kappa shape index (κ1) is 19.2. The standard InChI is InChI=1S/C19H30N4O2S/c20-19(22-17-7-3-1-4-8-17)21-15-16-9-11-18(12-10-16)26(24,25)23-13-5-2-6-14-23/h9-12,17H,1-8,13-15H2,(H3,20,21,22). The van der Waals surface area contributed by atoms with E-state index in [9.17, 15) is 8.42 Å². The third-order valence-electron chi connectivity index (χ3n) is 5.27. The molecule has 1 heterocycles. The van der Waals surface area contributed by atoms with E-state index in [2.05, 4.69) is 10.3 Å². The SMILES string of the molecule is NC(=NCc1ccc(S(=O)(=O)N2CCCCC2)cc1)NC1CCCCC1. The Bertz CT molecular complexity index is 704. The summed E-state index contributed by atoms with van der Waals surface area (Å²) in [4.78, 5) is 4.76. The van der Waals surface area contributed by atoms with Crippen LogP contribution in [0.2, 0.25) is 0 Å². The molecule has 3 N–H and O–H groups in total. The average Bonchev–Trinajstić information content (AvgIpc) is 2.68. The Balaban J connectivity index is 1.57. The summed E-state index contributed by atoms with van der Waals surface area (Å²) in [5, 5.41) is 3.29. The van der Waals surface area contributed by atoms with Gasteiger partial charge in [-0.25, -0.2) is 13.4 Å². The lowest BCUT2D eigenvalue weighted by molar-refractivity contribution is 0.346. The summed E-state index contributed by atoms with van der Waals surface area (Å²) in [6.07, 6.45) is 9.11. The van der Waals surface area contributed by atoms with Crippen LogP contribution in [0.5, 0.6) is 0 Å². The molecule has 1 aromatic carbocycles. The maximum absolute atomic E-state index is 12.7. The van der Waals surface area contributed by atoms with Crippen molar-refractivity contribution < 1.29 is 8.42 Å². The van der Waals surface area contributed by atoms with Crippen LogP contribution in [-0.2, 0) is 16.6 Å². The smallest absolute Gasteiger partial charge is 0.243 e. The Hall–Kier alpha value is -1.60. The number of aliphatic imine (C=N–C) groups is 1. The zero-order chi connectivity index (χ0) is 18.4. The van der Waals surface area contributed by atoms with Crippen LogP contribution >= 0.6 is 0 Å². The van der Waals surface area contributed by atoms with Crippen LogP contribution in [0.4, 0.5) is 0 Å². The molecule has 2 fully saturated rings. The van der Waals surface area contributed by atoms with Crippen LogP contribution in [-0.4, -0.2) is 37.8 Å². The molecule has 26 heavy (non-hydrogen) atoms. The fraction of sp³-hybridized carbons (Fsp3) is 0.632. The van der Waals surface area contributed by atoms with Gasteiger partial charge in [0.05, 0.1) is 11.4 Å². The third-order valence-corrected chi connectivity index (χ3v) is 7.18. The van der Waals surface area contributed by atoms with Gasteiger partial charge in [0.2, 0.25) is 10.0 Å². The first-order valence-electron chi connectivity index (χ1n) is 9.71. The van der Waals surface area contributed by atoms with E-state index >= 15 is 0 Å². The molecule has 1 aliphatic heterocycles. The first-order chi connectivity index (χ1) is 12.6. The van der Waals surface area contributed by atoms with Crippen molar-refractivity contribution in [3.05, 3.63) is 29.8 Å². The molecule has 1 saturated carbocycles. The second-order valence-electron chi connectivity index (χ2n) is 7.29. The molecule has 1 saturated heterocycles. The number of rotatable bonds is 5. The molecule has 1 aliphatic carbocycles. The van der Waals surface area contributed by atoms with Gasteiger partial charge in [0.15, 0.2) is 5.96 Å². The van der Waals surface area contributed by atoms with E-state index in [0.29, 0.717) is 36.5 Å². The number of hydrogen-bond donors (Lipinski definition) is 2. The summed E-state index contributed by atoms with van der Waals surface area (Å²) in [6.45, 7) is 1.70. The second-order valence-corrected chi connectivity index (χ2v) is 9.23. The molecule has 0 unspecified atom stereocenters. The highest BCUT2D eigenvalue weighted by atomic mass is 32.2. The number of sulfonamides is 1. The molecular formula is C19H30N4O2S. The molecular weight excluding hydrogens is 348 g/mol. The molecule has 6 nitrogen and oxygen atoms in total. The number of nitrogens with one attached hydrogen (secondary N) is 1. The Morgan fingerprint density at radius 2 is 1.65 bits per heavy atom. The number of piperidine rings is 1. The summed E-state index contributed by atoms with van der Waals surface area (Å²) in [6, 6.07) is 7.45. The van der Waals surface area contributed by atoms with Gasteiger partial charge in [-0.1, -0.05) is 37.8 Å². The van der Waals surface area contributed by atoms with Gasteiger partial charge in [0.25, 0.3) is 0 Å². The monoisotopic (exact) mass is 378 g/mol. The molecule has 144 valence electrons. The highest BCUT2D eigenvalue weighted by Crippen LogP contribution is 2.21. The van der Waals surface area contributed by atoms with Gasteiger partial charge in [0.1, 0.15) is 0 Å². The molecule has 3 rings (SSSR count). The van der Waals surface area contributed by atoms with Crippen LogP contribution < -0.4 is 11.1 Å². The van der Waals surface area contributed by atoms with E-state index in [-0.39, 0.29) is 0 Å². The zero-order valence-electron chi connectivity index (χ0n) is 15.4. The molecule has 0 spiro atoms. The number of guanidine groups is 1. The van der Waals surface area contributed by atoms with Gasteiger partial charge in [-0.3, -0.25) is 0 Å². The van der Waals surface area contributed by atoms with Crippen molar-refractivity contribution >= 4 is 16.0 Å². The minimum atomic E-state index is -3.37. The molecule has 0 bridgehead atoms. The summed E-state index contributed by atoms with van der Waals surface area (Å²) in [5.41, 5.74) is 6.94. The van der Waals surface area contributed by atoms with Crippen molar-refractivity contribution in [1.29, 1.82) is 0 Å². The third kappa shape index (κ3) is 4.98. The van der Waals surface area contributed by atoms with Crippen molar-refractivity contribution in [2.75, 3.05) is 13.1 Å². The molecule has 1 aromatic rings. The number of nitrogens with zero attached hydrogens (tertiary/aromatic N) is 2. The molecule has 7 heteroatoms. The highest BCUT2D eigenvalue weighted by Gasteiger charge is 2.25. The predicted octanol–water partition coefficient (Wildman–Crippen LogP) is 2.60. The van der Waals surface area contributed by atoms with E-state index < -0.39 is 10.0 Å². The maximum atomic E-state index is 12.7. The Labute approximate surface area is 156 Å². The lowest BCUT2D eigenvalue weighted by Gasteiger charge is -2.25. The summed E-state index contributed by atoms with van der Waals surface area (Å²) in [7, 11) is -3.37. The average molecular weight is 379 g/mol. The van der Waals surface area contributed by atoms with E-state index in [0.717, 1.165) is 37.7 Å². The van der Waals surface area contributed by atoms with E-state index in [4.69, 9.17) is 5.73 Å². The van der Waals surface area contributed by atoms with Crippen LogP contribution in [0, 0.1) is 0 Å². The predicted molar refractivity (Wildman–Crippen MR) is 104 cm³/mol. The van der Waals surface area contributed by atoms with Gasteiger partial charge in [-0.2, -0.15) is 4.31 Å². The minimum Gasteiger partial charge on any atom is -0.370 e. The van der Waals surface area contributed by atoms with Crippen molar-refractivity contribution in [2.45, 2.75) is 68.8 Å². The van der Waals surface area contributed by atoms with Crippen LogP contribution in [0.25, 0.3) is 0 Å². The summed E-state index contributed by atoms with van der Waals surface area (Å²) in [5.74, 6) is 0.474. The first-order valence-corrected chi connectivity index (χ1v) is 11.2. The van der Waals surface area contributed by atoms with Gasteiger partial charge in [-0.15, -0.1) is 0 Å². The van der Waals surface area contributed by atoms with Crippen molar-refractivity contribution in [1.82, 2.24) is 9.62 Å². The van der Waals surface area contributed by atoms with Crippen molar-refractivity contribution in [3.63, 3.8) is 0 Å². The van der Waals surface area contributed by atoms with Crippen LogP contribution in [0.3, 0.4) is 0 Å². The number of benzene rings is 1. The van der Waals surface area contributed by atoms with Gasteiger partial charge < -0.3 is 11.1 Å². The van der Waals surface area contributed by atoms with Crippen LogP contribution in [0.15, 0.2) is 34.2 Å². The topological polar surface area (TPSA) is 87.8 Å². The van der Waals surface area contributed by atoms with Crippen molar-refractivity contribution in [2.24, 2.45) is 10.7 Å². The van der Waals surface area contributed by atoms with E-state index in [1.807, 2.05) is 12.1 Å². The maximum Gasteiger partial charge on any atom is 0.243 e. The zero-order valence-corrected chi connectivity index (χ0v) is 16.2. The van der Waals surface area contributed by atoms with Gasteiger partial charge >= 0.3 is 0 Å². The molecule has 0 radical (unpaired) electrons. The lowest BCUT2D eigenvalue weighted by atomic mass is 9.96. The molecule has 0 atom stereocenters. The molecule has 2 aliphatic rings. The quantitative estimate of drug-likeness (QED) is 0.609. The largest absolute Gasteiger partial charge is 0.370 e. The van der Waals surface area contributed by atoms with E-state index in [1.54, 1.807) is 16.4 Å². The van der Waals surface area contributed by atoms with Gasteiger partial charge in [0, 0.05) is 19.1 Å².